The van der Waals surface area contributed by atoms with E-state index in [4.69, 9.17) is 0 Å². The number of likely N-dealkylation sites (tertiary alicyclic amines) is 1. The fourth-order valence-electron chi connectivity index (χ4n) is 3.12. The summed E-state index contributed by atoms with van der Waals surface area (Å²) in [5.74, 6) is 0. The van der Waals surface area contributed by atoms with Crippen LogP contribution in [0.2, 0.25) is 0 Å². The van der Waals surface area contributed by atoms with Crippen molar-refractivity contribution in [1.29, 1.82) is 0 Å². The molecule has 0 bridgehead atoms. The molecule has 0 saturated carbocycles. The van der Waals surface area contributed by atoms with Crippen LogP contribution in [0.25, 0.3) is 0 Å². The van der Waals surface area contributed by atoms with E-state index in [1.807, 2.05) is 0 Å². The topological polar surface area (TPSA) is 15.3 Å². The van der Waals surface area contributed by atoms with Gasteiger partial charge >= 0.3 is 0 Å². The van der Waals surface area contributed by atoms with Crippen LogP contribution in [0.4, 0.5) is 0 Å². The van der Waals surface area contributed by atoms with Crippen LogP contribution in [0.1, 0.15) is 66.2 Å². The summed E-state index contributed by atoms with van der Waals surface area (Å²) in [5.41, 5.74) is 0.396. The number of hydrogen-bond acceptors (Lipinski definition) is 2. The quantitative estimate of drug-likeness (QED) is 0.697. The zero-order valence-electron chi connectivity index (χ0n) is 13.1. The Morgan fingerprint density at radius 1 is 1.17 bits per heavy atom. The largest absolute Gasteiger partial charge is 0.316 e. The Bertz CT molecular complexity index is 213. The fourth-order valence-corrected chi connectivity index (χ4v) is 3.12. The van der Waals surface area contributed by atoms with Crippen molar-refractivity contribution in [3.63, 3.8) is 0 Å². The summed E-state index contributed by atoms with van der Waals surface area (Å²) >= 11 is 0. The molecule has 1 aliphatic heterocycles. The van der Waals surface area contributed by atoms with E-state index < -0.39 is 0 Å². The second kappa shape index (κ2) is 8.16. The van der Waals surface area contributed by atoms with Gasteiger partial charge in [0, 0.05) is 19.1 Å². The van der Waals surface area contributed by atoms with Gasteiger partial charge in [-0.1, -0.05) is 40.5 Å². The Hall–Kier alpha value is -0.0800. The van der Waals surface area contributed by atoms with Crippen molar-refractivity contribution in [2.24, 2.45) is 5.41 Å². The molecule has 1 rings (SSSR count). The van der Waals surface area contributed by atoms with Gasteiger partial charge in [-0.15, -0.1) is 0 Å². The van der Waals surface area contributed by atoms with Crippen molar-refractivity contribution in [2.75, 3.05) is 26.2 Å². The molecule has 1 N–H and O–H groups in total. The average Bonchev–Trinajstić information content (AvgIpc) is 2.53. The normalized spacial score (nSPS) is 23.0. The fraction of sp³-hybridized carbons (Fsp3) is 1.00. The van der Waals surface area contributed by atoms with E-state index in [0.29, 0.717) is 5.41 Å². The average molecular weight is 254 g/mol. The van der Waals surface area contributed by atoms with Crippen LogP contribution in [-0.2, 0) is 0 Å². The Morgan fingerprint density at radius 3 is 2.61 bits per heavy atom. The third-order valence-electron chi connectivity index (χ3n) is 4.13. The van der Waals surface area contributed by atoms with Gasteiger partial charge < -0.3 is 5.32 Å². The summed E-state index contributed by atoms with van der Waals surface area (Å²) in [6.07, 6.45) is 8.23. The molecule has 2 heteroatoms. The second-order valence-electron chi connectivity index (χ2n) is 6.72. The molecule has 1 fully saturated rings. The molecule has 1 aliphatic rings. The summed E-state index contributed by atoms with van der Waals surface area (Å²) < 4.78 is 0. The summed E-state index contributed by atoms with van der Waals surface area (Å²) in [6, 6.07) is 0.831. The predicted octanol–water partition coefficient (Wildman–Crippen LogP) is 3.67. The van der Waals surface area contributed by atoms with E-state index in [1.165, 1.54) is 51.6 Å². The molecule has 0 aliphatic carbocycles. The SMILES string of the molecule is CCCNCC(C)(C)CN1CCCCCC1CC. The van der Waals surface area contributed by atoms with E-state index in [2.05, 4.69) is 37.9 Å². The summed E-state index contributed by atoms with van der Waals surface area (Å²) in [6.45, 7) is 14.3. The molecule has 1 saturated heterocycles. The molecule has 1 unspecified atom stereocenters. The number of hydrogen-bond donors (Lipinski definition) is 1. The van der Waals surface area contributed by atoms with Gasteiger partial charge in [0.05, 0.1) is 0 Å². The molecule has 18 heavy (non-hydrogen) atoms. The van der Waals surface area contributed by atoms with Gasteiger partial charge in [-0.2, -0.15) is 0 Å². The Morgan fingerprint density at radius 2 is 1.94 bits per heavy atom. The first kappa shape index (κ1) is 16.0. The van der Waals surface area contributed by atoms with Crippen LogP contribution in [0.15, 0.2) is 0 Å². The number of nitrogens with zero attached hydrogens (tertiary/aromatic N) is 1. The van der Waals surface area contributed by atoms with E-state index in [9.17, 15) is 0 Å². The lowest BCUT2D eigenvalue weighted by molar-refractivity contribution is 0.126. The third kappa shape index (κ3) is 5.71. The van der Waals surface area contributed by atoms with Crippen LogP contribution in [0.5, 0.6) is 0 Å². The molecule has 0 aromatic heterocycles. The highest BCUT2D eigenvalue weighted by Crippen LogP contribution is 2.24. The minimum atomic E-state index is 0.396. The highest BCUT2D eigenvalue weighted by Gasteiger charge is 2.26. The van der Waals surface area contributed by atoms with Gasteiger partial charge in [-0.3, -0.25) is 4.90 Å². The lowest BCUT2D eigenvalue weighted by Crippen LogP contribution is -2.44. The zero-order valence-corrected chi connectivity index (χ0v) is 13.1. The van der Waals surface area contributed by atoms with E-state index in [-0.39, 0.29) is 0 Å². The summed E-state index contributed by atoms with van der Waals surface area (Å²) in [5, 5.41) is 3.59. The van der Waals surface area contributed by atoms with E-state index >= 15 is 0 Å². The van der Waals surface area contributed by atoms with Crippen molar-refractivity contribution in [1.82, 2.24) is 10.2 Å². The minimum absolute atomic E-state index is 0.396. The molecule has 1 heterocycles. The monoisotopic (exact) mass is 254 g/mol. The first-order valence-corrected chi connectivity index (χ1v) is 8.04. The summed E-state index contributed by atoms with van der Waals surface area (Å²) in [7, 11) is 0. The van der Waals surface area contributed by atoms with E-state index in [1.54, 1.807) is 0 Å². The Labute approximate surface area is 115 Å². The van der Waals surface area contributed by atoms with Crippen molar-refractivity contribution >= 4 is 0 Å². The predicted molar refractivity (Wildman–Crippen MR) is 81.1 cm³/mol. The zero-order chi connectivity index (χ0) is 13.4. The molecule has 0 radical (unpaired) electrons. The smallest absolute Gasteiger partial charge is 0.00928 e. The minimum Gasteiger partial charge on any atom is -0.316 e. The van der Waals surface area contributed by atoms with Crippen LogP contribution >= 0.6 is 0 Å². The van der Waals surface area contributed by atoms with Gasteiger partial charge in [0.15, 0.2) is 0 Å². The van der Waals surface area contributed by atoms with Gasteiger partial charge in [-0.25, -0.2) is 0 Å². The van der Waals surface area contributed by atoms with E-state index in [0.717, 1.165) is 19.1 Å². The Balaban J connectivity index is 2.45. The maximum absolute atomic E-state index is 3.59. The first-order valence-electron chi connectivity index (χ1n) is 8.04. The maximum atomic E-state index is 3.59. The van der Waals surface area contributed by atoms with Crippen molar-refractivity contribution < 1.29 is 0 Å². The molecule has 2 nitrogen and oxygen atoms in total. The van der Waals surface area contributed by atoms with Gasteiger partial charge in [0.1, 0.15) is 0 Å². The first-order chi connectivity index (χ1) is 8.59. The van der Waals surface area contributed by atoms with Crippen LogP contribution in [0.3, 0.4) is 0 Å². The molecule has 1 atom stereocenters. The molecule has 0 aromatic carbocycles. The van der Waals surface area contributed by atoms with Crippen molar-refractivity contribution in [3.8, 4) is 0 Å². The van der Waals surface area contributed by atoms with Crippen LogP contribution < -0.4 is 5.32 Å². The lowest BCUT2D eigenvalue weighted by atomic mass is 9.91. The van der Waals surface area contributed by atoms with Crippen LogP contribution in [0, 0.1) is 5.41 Å². The lowest BCUT2D eigenvalue weighted by Gasteiger charge is -2.37. The molecule has 108 valence electrons. The van der Waals surface area contributed by atoms with Crippen molar-refractivity contribution in [3.05, 3.63) is 0 Å². The molecular formula is C16H34N2. The molecule has 0 spiro atoms. The van der Waals surface area contributed by atoms with Gasteiger partial charge in [0.2, 0.25) is 0 Å². The summed E-state index contributed by atoms with van der Waals surface area (Å²) in [4.78, 5) is 2.76. The molecular weight excluding hydrogens is 220 g/mol. The van der Waals surface area contributed by atoms with Crippen molar-refractivity contribution in [2.45, 2.75) is 72.3 Å². The highest BCUT2D eigenvalue weighted by molar-refractivity contribution is 4.82. The standard InChI is InChI=1S/C16H34N2/c1-5-11-17-13-16(3,4)14-18-12-9-7-8-10-15(18)6-2/h15,17H,5-14H2,1-4H3. The number of rotatable bonds is 7. The highest BCUT2D eigenvalue weighted by atomic mass is 15.2. The molecule has 0 amide bonds. The second-order valence-corrected chi connectivity index (χ2v) is 6.72. The maximum Gasteiger partial charge on any atom is 0.00928 e. The molecule has 0 aromatic rings. The van der Waals surface area contributed by atoms with Crippen LogP contribution in [-0.4, -0.2) is 37.1 Å². The van der Waals surface area contributed by atoms with Gasteiger partial charge in [-0.05, 0) is 44.2 Å². The van der Waals surface area contributed by atoms with Gasteiger partial charge in [0.25, 0.3) is 0 Å². The Kier molecular flexibility index (Phi) is 7.25. The number of nitrogens with one attached hydrogen (secondary N) is 1. The third-order valence-corrected chi connectivity index (χ3v) is 4.13.